The Labute approximate surface area is 149 Å². The van der Waals surface area contributed by atoms with E-state index in [1.807, 2.05) is 53.1 Å². The highest BCUT2D eigenvalue weighted by atomic mass is 32.2. The summed E-state index contributed by atoms with van der Waals surface area (Å²) < 4.78 is 0. The lowest BCUT2D eigenvalue weighted by atomic mass is 9.80. The first-order valence-corrected chi connectivity index (χ1v) is 9.82. The predicted octanol–water partition coefficient (Wildman–Crippen LogP) is 6.04. The van der Waals surface area contributed by atoms with Gasteiger partial charge >= 0.3 is 0 Å². The number of para-hydroxylation sites is 2. The molecule has 0 bridgehead atoms. The van der Waals surface area contributed by atoms with Crippen LogP contribution in [-0.2, 0) is 4.79 Å². The number of benzene rings is 2. The van der Waals surface area contributed by atoms with E-state index in [4.69, 9.17) is 0 Å². The summed E-state index contributed by atoms with van der Waals surface area (Å²) >= 11 is 1.83. The minimum Gasteiger partial charge on any atom is -0.279 e. The molecular weight excluding hydrogens is 314 g/mol. The van der Waals surface area contributed by atoms with Crippen LogP contribution in [0.1, 0.15) is 39.5 Å². The van der Waals surface area contributed by atoms with Gasteiger partial charge in [-0.2, -0.15) is 0 Å². The van der Waals surface area contributed by atoms with Gasteiger partial charge in [0, 0.05) is 16.3 Å². The molecule has 0 radical (unpaired) electrons. The lowest BCUT2D eigenvalue weighted by Crippen LogP contribution is -2.42. The van der Waals surface area contributed by atoms with Crippen molar-refractivity contribution in [3.63, 3.8) is 0 Å². The van der Waals surface area contributed by atoms with Gasteiger partial charge in [0.15, 0.2) is 0 Å². The highest BCUT2D eigenvalue weighted by Gasteiger charge is 2.42. The Bertz CT molecular complexity index is 700. The largest absolute Gasteiger partial charge is 0.279 e. The maximum Gasteiger partial charge on any atom is 0.238 e. The zero-order chi connectivity index (χ0) is 17.0. The lowest BCUT2D eigenvalue weighted by Gasteiger charge is -2.34. The highest BCUT2D eigenvalue weighted by Crippen LogP contribution is 2.47. The molecule has 24 heavy (non-hydrogen) atoms. The molecule has 1 atom stereocenters. The third kappa shape index (κ3) is 3.10. The normalized spacial score (nSPS) is 20.6. The molecule has 0 aromatic heterocycles. The van der Waals surface area contributed by atoms with E-state index in [9.17, 15) is 4.79 Å². The number of hydrogen-bond acceptors (Lipinski definition) is 2. The third-order valence-corrected chi connectivity index (χ3v) is 6.32. The van der Waals surface area contributed by atoms with Gasteiger partial charge in [0.2, 0.25) is 5.91 Å². The number of thioether (sulfide) groups is 1. The Kier molecular flexibility index (Phi) is 5.30. The molecule has 2 aromatic carbocycles. The fraction of sp³-hybridized carbons (Fsp3) is 0.381. The van der Waals surface area contributed by atoms with E-state index in [2.05, 4.69) is 32.0 Å². The van der Waals surface area contributed by atoms with Crippen LogP contribution in [0.2, 0.25) is 0 Å². The van der Waals surface area contributed by atoms with Gasteiger partial charge < -0.3 is 0 Å². The monoisotopic (exact) mass is 339 g/mol. The van der Waals surface area contributed by atoms with E-state index in [0.29, 0.717) is 0 Å². The molecule has 1 heterocycles. The smallest absolute Gasteiger partial charge is 0.238 e. The highest BCUT2D eigenvalue weighted by molar-refractivity contribution is 7.99. The molecule has 0 spiro atoms. The minimum absolute atomic E-state index is 0.252. The van der Waals surface area contributed by atoms with Crippen molar-refractivity contribution in [2.45, 2.75) is 44.4 Å². The molecule has 2 nitrogen and oxygen atoms in total. The molecule has 1 aliphatic heterocycles. The Morgan fingerprint density at radius 2 is 1.75 bits per heavy atom. The van der Waals surface area contributed by atoms with Gasteiger partial charge in [0.1, 0.15) is 0 Å². The molecule has 2 aromatic rings. The third-order valence-electron chi connectivity index (χ3n) is 4.97. The number of carbonyl (C=O) groups is 1. The maximum atomic E-state index is 13.7. The standard InChI is InChI=1S/C21H25NOS/c1-3-5-15-21(4-2)16-24-19-14-10-9-13-18(19)22(20(21)23)17-11-7-6-8-12-17/h6-14H,3-5,15-16H2,1-2H3. The molecule has 0 N–H and O–H groups in total. The first kappa shape index (κ1) is 17.1. The maximum absolute atomic E-state index is 13.7. The van der Waals surface area contributed by atoms with Gasteiger partial charge in [-0.15, -0.1) is 11.8 Å². The van der Waals surface area contributed by atoms with Crippen LogP contribution in [0.25, 0.3) is 0 Å². The predicted molar refractivity (Wildman–Crippen MR) is 103 cm³/mol. The number of amides is 1. The van der Waals surface area contributed by atoms with Crippen molar-refractivity contribution in [2.24, 2.45) is 5.41 Å². The zero-order valence-corrected chi connectivity index (χ0v) is 15.3. The molecule has 1 amide bonds. The summed E-state index contributed by atoms with van der Waals surface area (Å²) in [6.45, 7) is 4.36. The molecule has 126 valence electrons. The van der Waals surface area contributed by atoms with Crippen LogP contribution in [0.3, 0.4) is 0 Å². The summed E-state index contributed by atoms with van der Waals surface area (Å²) in [6.07, 6.45) is 4.07. The van der Waals surface area contributed by atoms with E-state index in [1.54, 1.807) is 0 Å². The number of fused-ring (bicyclic) bond motifs is 1. The van der Waals surface area contributed by atoms with Gasteiger partial charge in [-0.05, 0) is 37.1 Å². The molecule has 0 saturated heterocycles. The zero-order valence-electron chi connectivity index (χ0n) is 14.5. The Hall–Kier alpha value is -1.74. The van der Waals surface area contributed by atoms with E-state index in [0.717, 1.165) is 42.8 Å². The van der Waals surface area contributed by atoms with E-state index in [-0.39, 0.29) is 11.3 Å². The minimum atomic E-state index is -0.282. The van der Waals surface area contributed by atoms with Crippen LogP contribution in [0.5, 0.6) is 0 Å². The van der Waals surface area contributed by atoms with Gasteiger partial charge in [0.05, 0.1) is 11.1 Å². The van der Waals surface area contributed by atoms with Crippen molar-refractivity contribution in [1.29, 1.82) is 0 Å². The van der Waals surface area contributed by atoms with Crippen molar-refractivity contribution < 1.29 is 4.79 Å². The van der Waals surface area contributed by atoms with Gasteiger partial charge in [0.25, 0.3) is 0 Å². The van der Waals surface area contributed by atoms with E-state index >= 15 is 0 Å². The summed E-state index contributed by atoms with van der Waals surface area (Å²) in [6, 6.07) is 18.4. The molecule has 3 rings (SSSR count). The average Bonchev–Trinajstić information content (AvgIpc) is 2.76. The molecule has 1 aliphatic rings. The fourth-order valence-electron chi connectivity index (χ4n) is 3.35. The number of anilines is 2. The Morgan fingerprint density at radius 3 is 2.46 bits per heavy atom. The molecule has 0 fully saturated rings. The summed E-state index contributed by atoms with van der Waals surface area (Å²) in [4.78, 5) is 16.8. The summed E-state index contributed by atoms with van der Waals surface area (Å²) in [5, 5.41) is 0. The lowest BCUT2D eigenvalue weighted by molar-refractivity contribution is -0.126. The quantitative estimate of drug-likeness (QED) is 0.661. The summed E-state index contributed by atoms with van der Waals surface area (Å²) in [5.74, 6) is 1.12. The second kappa shape index (κ2) is 7.43. The SMILES string of the molecule is CCCCC1(CC)CSc2ccccc2N(c2ccccc2)C1=O. The summed E-state index contributed by atoms with van der Waals surface area (Å²) in [5.41, 5.74) is 1.70. The van der Waals surface area contributed by atoms with Crippen LogP contribution in [-0.4, -0.2) is 11.7 Å². The second-order valence-corrected chi connectivity index (χ2v) is 7.49. The van der Waals surface area contributed by atoms with Crippen LogP contribution < -0.4 is 4.90 Å². The van der Waals surface area contributed by atoms with Crippen molar-refractivity contribution in [3.8, 4) is 0 Å². The van der Waals surface area contributed by atoms with E-state index in [1.165, 1.54) is 4.90 Å². The average molecular weight is 340 g/mol. The van der Waals surface area contributed by atoms with E-state index < -0.39 is 0 Å². The molecule has 3 heteroatoms. The van der Waals surface area contributed by atoms with Crippen LogP contribution in [0.15, 0.2) is 59.5 Å². The summed E-state index contributed by atoms with van der Waals surface area (Å²) in [7, 11) is 0. The second-order valence-electron chi connectivity index (χ2n) is 6.47. The van der Waals surface area contributed by atoms with Crippen LogP contribution >= 0.6 is 11.8 Å². The number of unbranched alkanes of at least 4 members (excludes halogenated alkanes) is 1. The van der Waals surface area contributed by atoms with Crippen molar-refractivity contribution >= 4 is 29.0 Å². The molecule has 0 aliphatic carbocycles. The number of hydrogen-bond donors (Lipinski definition) is 0. The van der Waals surface area contributed by atoms with Crippen LogP contribution in [0, 0.1) is 5.41 Å². The van der Waals surface area contributed by atoms with Gasteiger partial charge in [-0.1, -0.05) is 57.0 Å². The van der Waals surface area contributed by atoms with Crippen molar-refractivity contribution in [3.05, 3.63) is 54.6 Å². The number of nitrogens with zero attached hydrogens (tertiary/aromatic N) is 1. The molecule has 0 saturated carbocycles. The Balaban J connectivity index is 2.11. The van der Waals surface area contributed by atoms with Gasteiger partial charge in [-0.3, -0.25) is 9.69 Å². The topological polar surface area (TPSA) is 20.3 Å². The first-order chi connectivity index (χ1) is 11.7. The van der Waals surface area contributed by atoms with Crippen LogP contribution in [0.4, 0.5) is 11.4 Å². The number of carbonyl (C=O) groups excluding carboxylic acids is 1. The number of rotatable bonds is 5. The molecule has 1 unspecified atom stereocenters. The Morgan fingerprint density at radius 1 is 1.04 bits per heavy atom. The molecular formula is C21H25NOS. The van der Waals surface area contributed by atoms with Crippen molar-refractivity contribution in [1.82, 2.24) is 0 Å². The van der Waals surface area contributed by atoms with Crippen molar-refractivity contribution in [2.75, 3.05) is 10.7 Å². The fourth-order valence-corrected chi connectivity index (χ4v) is 4.73. The first-order valence-electron chi connectivity index (χ1n) is 8.83. The van der Waals surface area contributed by atoms with Gasteiger partial charge in [-0.25, -0.2) is 0 Å².